The van der Waals surface area contributed by atoms with Gasteiger partial charge in [0.15, 0.2) is 0 Å². The Kier molecular flexibility index (Phi) is 4.08. The predicted octanol–water partition coefficient (Wildman–Crippen LogP) is 1.14. The zero-order valence-corrected chi connectivity index (χ0v) is 12.0. The molecule has 2 aliphatic rings. The minimum absolute atomic E-state index is 0.0265. The van der Waals surface area contributed by atoms with Crippen LogP contribution in [0.2, 0.25) is 0 Å². The first-order chi connectivity index (χ1) is 9.76. The highest BCUT2D eigenvalue weighted by atomic mass is 16.5. The highest BCUT2D eigenvalue weighted by Gasteiger charge is 2.34. The molecule has 1 aromatic heterocycles. The van der Waals surface area contributed by atoms with Gasteiger partial charge >= 0.3 is 0 Å². The van der Waals surface area contributed by atoms with E-state index < -0.39 is 0 Å². The molecule has 1 saturated heterocycles. The van der Waals surface area contributed by atoms with Crippen LogP contribution in [0.1, 0.15) is 19.3 Å². The van der Waals surface area contributed by atoms with Gasteiger partial charge in [-0.1, -0.05) is 0 Å². The van der Waals surface area contributed by atoms with Crippen LogP contribution in [-0.4, -0.2) is 48.4 Å². The van der Waals surface area contributed by atoms with E-state index in [4.69, 9.17) is 4.74 Å². The molecule has 110 valence electrons. The molecule has 1 aromatic rings. The minimum atomic E-state index is 0.0265. The Morgan fingerprint density at radius 3 is 2.95 bits per heavy atom. The lowest BCUT2D eigenvalue weighted by atomic mass is 10.2. The molecule has 0 bridgehead atoms. The molecule has 2 heterocycles. The van der Waals surface area contributed by atoms with Crippen molar-refractivity contribution in [3.8, 4) is 0 Å². The number of likely N-dealkylation sites (tertiary alicyclic amines) is 1. The third-order valence-electron chi connectivity index (χ3n) is 4.17. The lowest BCUT2D eigenvalue weighted by molar-refractivity contribution is 0.186. The number of pyridine rings is 1. The fraction of sp³-hybridized carbons (Fsp3) is 0.667. The van der Waals surface area contributed by atoms with Crippen molar-refractivity contribution in [3.63, 3.8) is 0 Å². The molecule has 2 fully saturated rings. The first-order valence-electron chi connectivity index (χ1n) is 7.46. The molecule has 1 unspecified atom stereocenters. The van der Waals surface area contributed by atoms with Gasteiger partial charge in [0.2, 0.25) is 0 Å². The van der Waals surface area contributed by atoms with Gasteiger partial charge in [0.1, 0.15) is 0 Å². The van der Waals surface area contributed by atoms with E-state index in [1.54, 1.807) is 17.7 Å². The number of aromatic nitrogens is 1. The quantitative estimate of drug-likeness (QED) is 0.847. The van der Waals surface area contributed by atoms with Crippen LogP contribution in [0.3, 0.4) is 0 Å². The van der Waals surface area contributed by atoms with Crippen LogP contribution in [0.5, 0.6) is 0 Å². The van der Waals surface area contributed by atoms with Crippen molar-refractivity contribution >= 4 is 5.69 Å². The number of rotatable bonds is 6. The van der Waals surface area contributed by atoms with Crippen molar-refractivity contribution in [2.45, 2.75) is 37.9 Å². The minimum Gasteiger partial charge on any atom is -0.383 e. The van der Waals surface area contributed by atoms with Crippen LogP contribution in [0.4, 0.5) is 5.69 Å². The SMILES string of the molecule is COCCn1cc(NC2CCN(C3CC3)C2)ccc1=O. The summed E-state index contributed by atoms with van der Waals surface area (Å²) in [5.74, 6) is 0. The van der Waals surface area contributed by atoms with Gasteiger partial charge in [-0.05, 0) is 25.3 Å². The summed E-state index contributed by atoms with van der Waals surface area (Å²) in [4.78, 5) is 14.3. The average Bonchev–Trinajstić information content (AvgIpc) is 3.20. The maximum atomic E-state index is 11.7. The van der Waals surface area contributed by atoms with Gasteiger partial charge in [-0.2, -0.15) is 0 Å². The molecule has 0 spiro atoms. The zero-order chi connectivity index (χ0) is 13.9. The highest BCUT2D eigenvalue weighted by molar-refractivity contribution is 5.41. The van der Waals surface area contributed by atoms with E-state index in [9.17, 15) is 4.79 Å². The maximum absolute atomic E-state index is 11.7. The smallest absolute Gasteiger partial charge is 0.250 e. The number of ether oxygens (including phenoxy) is 1. The van der Waals surface area contributed by atoms with E-state index >= 15 is 0 Å². The van der Waals surface area contributed by atoms with E-state index in [1.165, 1.54) is 25.8 Å². The van der Waals surface area contributed by atoms with Crippen LogP contribution in [-0.2, 0) is 11.3 Å². The van der Waals surface area contributed by atoms with Crippen molar-refractivity contribution < 1.29 is 4.74 Å². The molecule has 0 aromatic carbocycles. The summed E-state index contributed by atoms with van der Waals surface area (Å²) in [7, 11) is 1.65. The van der Waals surface area contributed by atoms with Crippen molar-refractivity contribution in [2.24, 2.45) is 0 Å². The van der Waals surface area contributed by atoms with Crippen molar-refractivity contribution in [2.75, 3.05) is 32.1 Å². The molecule has 5 nitrogen and oxygen atoms in total. The van der Waals surface area contributed by atoms with E-state index in [2.05, 4.69) is 10.2 Å². The third kappa shape index (κ3) is 3.22. The lowest BCUT2D eigenvalue weighted by Crippen LogP contribution is -2.28. The van der Waals surface area contributed by atoms with Crippen LogP contribution >= 0.6 is 0 Å². The fourth-order valence-corrected chi connectivity index (χ4v) is 2.89. The van der Waals surface area contributed by atoms with E-state index in [0.29, 0.717) is 19.2 Å². The Morgan fingerprint density at radius 2 is 2.20 bits per heavy atom. The number of nitrogens with zero attached hydrogens (tertiary/aromatic N) is 2. The Morgan fingerprint density at radius 1 is 1.35 bits per heavy atom. The van der Waals surface area contributed by atoms with Crippen molar-refractivity contribution in [1.82, 2.24) is 9.47 Å². The second-order valence-corrected chi connectivity index (χ2v) is 5.80. The summed E-state index contributed by atoms with van der Waals surface area (Å²) in [5, 5.41) is 3.56. The van der Waals surface area contributed by atoms with Gasteiger partial charge in [0, 0.05) is 51.1 Å². The first-order valence-corrected chi connectivity index (χ1v) is 7.46. The summed E-state index contributed by atoms with van der Waals surface area (Å²) >= 11 is 0. The van der Waals surface area contributed by atoms with Gasteiger partial charge < -0.3 is 14.6 Å². The number of nitrogens with one attached hydrogen (secondary N) is 1. The molecule has 0 amide bonds. The number of methoxy groups -OCH3 is 1. The Balaban J connectivity index is 1.60. The average molecular weight is 277 g/mol. The van der Waals surface area contributed by atoms with E-state index in [-0.39, 0.29) is 5.56 Å². The Labute approximate surface area is 119 Å². The number of hydrogen-bond acceptors (Lipinski definition) is 4. The molecular weight excluding hydrogens is 254 g/mol. The van der Waals surface area contributed by atoms with Gasteiger partial charge in [-0.15, -0.1) is 0 Å². The van der Waals surface area contributed by atoms with Gasteiger partial charge in [-0.25, -0.2) is 0 Å². The molecule has 20 heavy (non-hydrogen) atoms. The molecule has 1 saturated carbocycles. The summed E-state index contributed by atoms with van der Waals surface area (Å²) < 4.78 is 6.74. The number of anilines is 1. The standard InChI is InChI=1S/C15H23N3O2/c1-20-9-8-18-11-12(2-5-15(18)19)16-13-6-7-17(10-13)14-3-4-14/h2,5,11,13-14,16H,3-4,6-10H2,1H3. The molecule has 1 atom stereocenters. The zero-order valence-electron chi connectivity index (χ0n) is 12.0. The normalized spacial score (nSPS) is 23.1. The summed E-state index contributed by atoms with van der Waals surface area (Å²) in [6.07, 6.45) is 5.83. The Bertz CT molecular complexity index is 510. The van der Waals surface area contributed by atoms with Gasteiger partial charge in [0.25, 0.3) is 5.56 Å². The van der Waals surface area contributed by atoms with Crippen LogP contribution in [0.15, 0.2) is 23.1 Å². The molecule has 3 rings (SSSR count). The van der Waals surface area contributed by atoms with E-state index in [0.717, 1.165) is 18.3 Å². The Hall–Kier alpha value is -1.33. The predicted molar refractivity (Wildman–Crippen MR) is 79.2 cm³/mol. The van der Waals surface area contributed by atoms with Crippen LogP contribution < -0.4 is 10.9 Å². The molecular formula is C15H23N3O2. The first kappa shape index (κ1) is 13.6. The highest BCUT2D eigenvalue weighted by Crippen LogP contribution is 2.30. The molecule has 5 heteroatoms. The second kappa shape index (κ2) is 5.97. The summed E-state index contributed by atoms with van der Waals surface area (Å²) in [6, 6.07) is 4.86. The van der Waals surface area contributed by atoms with E-state index in [1.807, 2.05) is 12.3 Å². The molecule has 1 N–H and O–H groups in total. The maximum Gasteiger partial charge on any atom is 0.250 e. The monoisotopic (exact) mass is 277 g/mol. The molecule has 1 aliphatic carbocycles. The number of hydrogen-bond donors (Lipinski definition) is 1. The second-order valence-electron chi connectivity index (χ2n) is 5.80. The van der Waals surface area contributed by atoms with Gasteiger partial charge in [-0.3, -0.25) is 9.69 Å². The lowest BCUT2D eigenvalue weighted by Gasteiger charge is -2.17. The van der Waals surface area contributed by atoms with Gasteiger partial charge in [0.05, 0.1) is 12.3 Å². The largest absolute Gasteiger partial charge is 0.383 e. The van der Waals surface area contributed by atoms with Crippen LogP contribution in [0.25, 0.3) is 0 Å². The summed E-state index contributed by atoms with van der Waals surface area (Å²) in [5.41, 5.74) is 1.06. The van der Waals surface area contributed by atoms with Crippen molar-refractivity contribution in [3.05, 3.63) is 28.7 Å². The fourth-order valence-electron chi connectivity index (χ4n) is 2.89. The summed E-state index contributed by atoms with van der Waals surface area (Å²) in [6.45, 7) is 3.49. The van der Waals surface area contributed by atoms with Crippen LogP contribution in [0, 0.1) is 0 Å². The third-order valence-corrected chi connectivity index (χ3v) is 4.17. The van der Waals surface area contributed by atoms with Crippen molar-refractivity contribution in [1.29, 1.82) is 0 Å². The molecule has 1 aliphatic heterocycles. The molecule has 0 radical (unpaired) electrons. The topological polar surface area (TPSA) is 46.5 Å².